The number of nitrogens with zero attached hydrogens (tertiary/aromatic N) is 2. The first-order chi connectivity index (χ1) is 9.21. The molecule has 1 heterocycles. The van der Waals surface area contributed by atoms with Crippen LogP contribution in [0.3, 0.4) is 0 Å². The number of anilines is 1. The summed E-state index contributed by atoms with van der Waals surface area (Å²) in [5.74, 6) is 0.597. The molecule has 100 valence electrons. The molecule has 0 bridgehead atoms. The van der Waals surface area contributed by atoms with Crippen LogP contribution in [0.4, 0.5) is 10.2 Å². The Kier molecular flexibility index (Phi) is 3.94. The van der Waals surface area contributed by atoms with Crippen molar-refractivity contribution in [2.45, 2.75) is 13.3 Å². The lowest BCUT2D eigenvalue weighted by atomic mass is 10.0. The summed E-state index contributed by atoms with van der Waals surface area (Å²) >= 11 is 0. The molecule has 0 aliphatic rings. The van der Waals surface area contributed by atoms with Crippen molar-refractivity contribution in [2.75, 3.05) is 19.5 Å². The quantitative estimate of drug-likeness (QED) is 0.919. The average molecular weight is 261 g/mol. The molecule has 5 heteroatoms. The normalized spacial score (nSPS) is 10.3. The molecule has 0 saturated heterocycles. The minimum Gasteiger partial charge on any atom is -0.494 e. The van der Waals surface area contributed by atoms with E-state index in [0.29, 0.717) is 5.56 Å². The molecule has 0 unspecified atom stereocenters. The minimum atomic E-state index is -0.397. The van der Waals surface area contributed by atoms with E-state index in [1.165, 1.54) is 19.5 Å². The van der Waals surface area contributed by atoms with Crippen LogP contribution in [-0.4, -0.2) is 24.1 Å². The van der Waals surface area contributed by atoms with E-state index in [2.05, 4.69) is 15.3 Å². The summed E-state index contributed by atoms with van der Waals surface area (Å²) in [6.45, 7) is 2.02. The summed E-state index contributed by atoms with van der Waals surface area (Å²) in [4.78, 5) is 8.44. The number of nitrogens with one attached hydrogen (secondary N) is 1. The maximum Gasteiger partial charge on any atom is 0.165 e. The summed E-state index contributed by atoms with van der Waals surface area (Å²) in [6, 6.07) is 4.83. The van der Waals surface area contributed by atoms with E-state index in [-0.39, 0.29) is 5.75 Å². The monoisotopic (exact) mass is 261 g/mol. The fourth-order valence-corrected chi connectivity index (χ4v) is 2.03. The second kappa shape index (κ2) is 5.65. The Morgan fingerprint density at radius 3 is 2.68 bits per heavy atom. The SMILES string of the molecule is CCc1c(NC)ncnc1-c1ccc(OC)c(F)c1. The van der Waals surface area contributed by atoms with Crippen LogP contribution in [0.1, 0.15) is 12.5 Å². The number of methoxy groups -OCH3 is 1. The summed E-state index contributed by atoms with van der Waals surface area (Å²) < 4.78 is 18.7. The zero-order chi connectivity index (χ0) is 13.8. The van der Waals surface area contributed by atoms with Gasteiger partial charge in [-0.15, -0.1) is 0 Å². The molecule has 2 aromatic rings. The van der Waals surface area contributed by atoms with Crippen molar-refractivity contribution in [3.8, 4) is 17.0 Å². The molecule has 1 N–H and O–H groups in total. The summed E-state index contributed by atoms with van der Waals surface area (Å²) in [5, 5.41) is 3.02. The van der Waals surface area contributed by atoms with Gasteiger partial charge in [0.1, 0.15) is 12.1 Å². The molecule has 0 aliphatic heterocycles. The van der Waals surface area contributed by atoms with Crippen molar-refractivity contribution < 1.29 is 9.13 Å². The van der Waals surface area contributed by atoms with Gasteiger partial charge < -0.3 is 10.1 Å². The van der Waals surface area contributed by atoms with Gasteiger partial charge in [0, 0.05) is 18.2 Å². The molecule has 0 fully saturated rings. The van der Waals surface area contributed by atoms with Crippen molar-refractivity contribution in [2.24, 2.45) is 0 Å². The number of rotatable bonds is 4. The summed E-state index contributed by atoms with van der Waals surface area (Å²) in [7, 11) is 3.25. The lowest BCUT2D eigenvalue weighted by molar-refractivity contribution is 0.386. The fourth-order valence-electron chi connectivity index (χ4n) is 2.03. The third kappa shape index (κ3) is 2.50. The first-order valence-electron chi connectivity index (χ1n) is 6.06. The smallest absolute Gasteiger partial charge is 0.165 e. The molecular formula is C14H16FN3O. The van der Waals surface area contributed by atoms with Gasteiger partial charge in [-0.2, -0.15) is 0 Å². The van der Waals surface area contributed by atoms with Gasteiger partial charge >= 0.3 is 0 Å². The second-order valence-electron chi connectivity index (χ2n) is 4.00. The molecule has 4 nitrogen and oxygen atoms in total. The number of hydrogen-bond donors (Lipinski definition) is 1. The van der Waals surface area contributed by atoms with Gasteiger partial charge in [0.25, 0.3) is 0 Å². The number of hydrogen-bond acceptors (Lipinski definition) is 4. The van der Waals surface area contributed by atoms with Crippen LogP contribution in [0.5, 0.6) is 5.75 Å². The molecule has 0 saturated carbocycles. The number of ether oxygens (including phenoxy) is 1. The lowest BCUT2D eigenvalue weighted by Crippen LogP contribution is -2.02. The Hall–Kier alpha value is -2.17. The van der Waals surface area contributed by atoms with Gasteiger partial charge in [0.15, 0.2) is 11.6 Å². The van der Waals surface area contributed by atoms with Crippen molar-refractivity contribution in [1.29, 1.82) is 0 Å². The van der Waals surface area contributed by atoms with E-state index in [4.69, 9.17) is 4.74 Å². The highest BCUT2D eigenvalue weighted by atomic mass is 19.1. The third-order valence-electron chi connectivity index (χ3n) is 2.96. The number of aromatic nitrogens is 2. The molecule has 2 rings (SSSR count). The topological polar surface area (TPSA) is 47.0 Å². The zero-order valence-corrected chi connectivity index (χ0v) is 11.2. The maximum atomic E-state index is 13.8. The van der Waals surface area contributed by atoms with Gasteiger partial charge in [0.05, 0.1) is 12.8 Å². The highest BCUT2D eigenvalue weighted by Crippen LogP contribution is 2.29. The maximum absolute atomic E-state index is 13.8. The van der Waals surface area contributed by atoms with Crippen LogP contribution < -0.4 is 10.1 Å². The van der Waals surface area contributed by atoms with Gasteiger partial charge in [-0.1, -0.05) is 6.92 Å². The lowest BCUT2D eigenvalue weighted by Gasteiger charge is -2.12. The van der Waals surface area contributed by atoms with E-state index in [1.54, 1.807) is 19.2 Å². The number of benzene rings is 1. The van der Waals surface area contributed by atoms with E-state index < -0.39 is 5.82 Å². The number of halogens is 1. The highest BCUT2D eigenvalue weighted by molar-refractivity contribution is 5.68. The highest BCUT2D eigenvalue weighted by Gasteiger charge is 2.12. The minimum absolute atomic E-state index is 0.227. The Bertz CT molecular complexity index is 587. The van der Waals surface area contributed by atoms with Gasteiger partial charge in [0.2, 0.25) is 0 Å². The molecule has 0 atom stereocenters. The molecule has 1 aromatic heterocycles. The van der Waals surface area contributed by atoms with Crippen molar-refractivity contribution in [1.82, 2.24) is 9.97 Å². The summed E-state index contributed by atoms with van der Waals surface area (Å²) in [5.41, 5.74) is 2.42. The van der Waals surface area contributed by atoms with Crippen LogP contribution >= 0.6 is 0 Å². The molecular weight excluding hydrogens is 245 g/mol. The Balaban J connectivity index is 2.55. The van der Waals surface area contributed by atoms with Gasteiger partial charge in [-0.25, -0.2) is 14.4 Å². The fraction of sp³-hybridized carbons (Fsp3) is 0.286. The van der Waals surface area contributed by atoms with Crippen molar-refractivity contribution in [3.05, 3.63) is 35.9 Å². The molecule has 0 spiro atoms. The molecule has 1 aromatic carbocycles. The zero-order valence-electron chi connectivity index (χ0n) is 11.2. The molecule has 19 heavy (non-hydrogen) atoms. The Morgan fingerprint density at radius 2 is 2.11 bits per heavy atom. The van der Waals surface area contributed by atoms with Crippen LogP contribution in [0, 0.1) is 5.82 Å². The van der Waals surface area contributed by atoms with Crippen LogP contribution in [-0.2, 0) is 6.42 Å². The predicted molar refractivity (Wildman–Crippen MR) is 72.9 cm³/mol. The summed E-state index contributed by atoms with van der Waals surface area (Å²) in [6.07, 6.45) is 2.24. The van der Waals surface area contributed by atoms with E-state index in [9.17, 15) is 4.39 Å². The molecule has 0 radical (unpaired) electrons. The average Bonchev–Trinajstić information content (AvgIpc) is 2.46. The van der Waals surface area contributed by atoms with Gasteiger partial charge in [-0.05, 0) is 24.6 Å². The van der Waals surface area contributed by atoms with Crippen LogP contribution in [0.25, 0.3) is 11.3 Å². The van der Waals surface area contributed by atoms with E-state index in [1.807, 2.05) is 6.92 Å². The third-order valence-corrected chi connectivity index (χ3v) is 2.96. The molecule has 0 amide bonds. The molecule has 0 aliphatic carbocycles. The van der Waals surface area contributed by atoms with Crippen molar-refractivity contribution >= 4 is 5.82 Å². The first kappa shape index (κ1) is 13.3. The first-order valence-corrected chi connectivity index (χ1v) is 6.06. The van der Waals surface area contributed by atoms with E-state index >= 15 is 0 Å². The van der Waals surface area contributed by atoms with E-state index in [0.717, 1.165) is 23.5 Å². The Morgan fingerprint density at radius 1 is 1.32 bits per heavy atom. The second-order valence-corrected chi connectivity index (χ2v) is 4.00. The van der Waals surface area contributed by atoms with Crippen LogP contribution in [0.15, 0.2) is 24.5 Å². The predicted octanol–water partition coefficient (Wildman–Crippen LogP) is 2.90. The van der Waals surface area contributed by atoms with Gasteiger partial charge in [-0.3, -0.25) is 0 Å². The van der Waals surface area contributed by atoms with Crippen LogP contribution in [0.2, 0.25) is 0 Å². The standard InChI is InChI=1S/C14H16FN3O/c1-4-10-13(17-8-18-14(10)16-2)9-5-6-12(19-3)11(15)7-9/h5-8H,4H2,1-3H3,(H,16,17,18). The largest absolute Gasteiger partial charge is 0.494 e. The van der Waals surface area contributed by atoms with Crippen molar-refractivity contribution in [3.63, 3.8) is 0 Å². The Labute approximate surface area is 111 Å².